The molecular formula is C31H27NO. The molecule has 1 fully saturated rings. The molecule has 2 aromatic heterocycles. The zero-order chi connectivity index (χ0) is 22.0. The lowest BCUT2D eigenvalue weighted by Crippen LogP contribution is -2.01. The fraction of sp³-hybridized carbons (Fsp3) is 0.161. The Morgan fingerprint density at radius 3 is 2.27 bits per heavy atom. The van der Waals surface area contributed by atoms with Crippen LogP contribution in [0.15, 0.2) is 109 Å². The van der Waals surface area contributed by atoms with E-state index in [1.165, 1.54) is 51.9 Å². The van der Waals surface area contributed by atoms with Crippen molar-refractivity contribution in [1.29, 1.82) is 0 Å². The Kier molecular flexibility index (Phi) is 5.20. The molecule has 0 amide bonds. The molecule has 0 N–H and O–H groups in total. The molecule has 0 spiro atoms. The van der Waals surface area contributed by atoms with Crippen LogP contribution in [0.4, 0.5) is 0 Å². The van der Waals surface area contributed by atoms with Crippen LogP contribution in [-0.2, 0) is 13.0 Å². The third-order valence-corrected chi connectivity index (χ3v) is 6.63. The summed E-state index contributed by atoms with van der Waals surface area (Å²) in [5.74, 6) is 1.62. The predicted molar refractivity (Wildman–Crippen MR) is 135 cm³/mol. The molecule has 0 radical (unpaired) electrons. The van der Waals surface area contributed by atoms with E-state index < -0.39 is 0 Å². The lowest BCUT2D eigenvalue weighted by molar-refractivity contribution is 0.309. The van der Waals surface area contributed by atoms with Crippen LogP contribution in [0.2, 0.25) is 0 Å². The van der Waals surface area contributed by atoms with Gasteiger partial charge in [-0.25, -0.2) is 0 Å². The van der Waals surface area contributed by atoms with Crippen LogP contribution in [0, 0.1) is 0 Å². The third kappa shape index (κ3) is 4.05. The summed E-state index contributed by atoms with van der Waals surface area (Å²) < 4.78 is 8.65. The lowest BCUT2D eigenvalue weighted by Gasteiger charge is -2.13. The van der Waals surface area contributed by atoms with Gasteiger partial charge in [-0.1, -0.05) is 84.9 Å². The zero-order valence-corrected chi connectivity index (χ0v) is 18.7. The van der Waals surface area contributed by atoms with E-state index in [1.54, 1.807) is 0 Å². The minimum atomic E-state index is 0.580. The summed E-state index contributed by atoms with van der Waals surface area (Å²) in [6.07, 6.45) is 5.67. The third-order valence-electron chi connectivity index (χ3n) is 6.63. The van der Waals surface area contributed by atoms with E-state index in [4.69, 9.17) is 4.74 Å². The second kappa shape index (κ2) is 8.63. The maximum atomic E-state index is 6.30. The maximum Gasteiger partial charge on any atom is 0.143 e. The first-order valence-electron chi connectivity index (χ1n) is 11.8. The van der Waals surface area contributed by atoms with Gasteiger partial charge < -0.3 is 9.14 Å². The maximum absolute atomic E-state index is 6.30. The molecule has 5 aromatic rings. The molecule has 162 valence electrons. The Labute approximate surface area is 195 Å². The highest BCUT2D eigenvalue weighted by Crippen LogP contribution is 2.44. The molecule has 1 aliphatic rings. The smallest absolute Gasteiger partial charge is 0.143 e. The number of hydrogen-bond donors (Lipinski definition) is 0. The number of hydrogen-bond acceptors (Lipinski definition) is 1. The quantitative estimate of drug-likeness (QED) is 0.259. The Balaban J connectivity index is 1.39. The van der Waals surface area contributed by atoms with Gasteiger partial charge in [0.2, 0.25) is 0 Å². The molecule has 1 saturated carbocycles. The summed E-state index contributed by atoms with van der Waals surface area (Å²) in [4.78, 5) is 0. The molecule has 2 heteroatoms. The van der Waals surface area contributed by atoms with Gasteiger partial charge in [0.25, 0.3) is 0 Å². The summed E-state index contributed by atoms with van der Waals surface area (Å²) in [5, 5.41) is 0. The standard InChI is InChI=1S/C31H27NO/c1-3-10-23(11-4-1)22-33-31-16-9-19-32-29(28(21-30(31)32)25-17-18-25)20-26-14-7-8-15-27(26)24-12-5-2-6-13-24/h1-16,19,21,25H,17-18,20,22H2. The number of ether oxygens (including phenoxy) is 1. The highest BCUT2D eigenvalue weighted by molar-refractivity contribution is 5.69. The van der Waals surface area contributed by atoms with Gasteiger partial charge in [-0.3, -0.25) is 0 Å². The minimum Gasteiger partial charge on any atom is -0.487 e. The summed E-state index contributed by atoms with van der Waals surface area (Å²) >= 11 is 0. The predicted octanol–water partition coefficient (Wildman–Crippen LogP) is 7.65. The first kappa shape index (κ1) is 19.9. The van der Waals surface area contributed by atoms with E-state index in [0.29, 0.717) is 12.5 Å². The Morgan fingerprint density at radius 1 is 0.758 bits per heavy atom. The number of aromatic nitrogens is 1. The number of fused-ring (bicyclic) bond motifs is 1. The minimum absolute atomic E-state index is 0.580. The van der Waals surface area contributed by atoms with E-state index in [0.717, 1.165) is 12.2 Å². The van der Waals surface area contributed by atoms with Crippen molar-refractivity contribution in [3.63, 3.8) is 0 Å². The van der Waals surface area contributed by atoms with Crippen LogP contribution < -0.4 is 4.74 Å². The molecule has 0 saturated heterocycles. The van der Waals surface area contributed by atoms with E-state index >= 15 is 0 Å². The van der Waals surface area contributed by atoms with E-state index in [1.807, 2.05) is 6.07 Å². The second-order valence-electron chi connectivity index (χ2n) is 8.92. The fourth-order valence-electron chi connectivity index (χ4n) is 4.79. The average molecular weight is 430 g/mol. The van der Waals surface area contributed by atoms with Crippen LogP contribution in [0.25, 0.3) is 16.6 Å². The molecule has 0 unspecified atom stereocenters. The molecule has 0 bridgehead atoms. The van der Waals surface area contributed by atoms with E-state index in [-0.39, 0.29) is 0 Å². The summed E-state index contributed by atoms with van der Waals surface area (Å²) in [6, 6.07) is 36.5. The highest BCUT2D eigenvalue weighted by atomic mass is 16.5. The Bertz CT molecular complexity index is 1380. The number of pyridine rings is 1. The van der Waals surface area contributed by atoms with Crippen LogP contribution >= 0.6 is 0 Å². The van der Waals surface area contributed by atoms with Crippen LogP contribution in [0.5, 0.6) is 5.75 Å². The van der Waals surface area contributed by atoms with Crippen LogP contribution in [0.3, 0.4) is 0 Å². The van der Waals surface area contributed by atoms with Gasteiger partial charge in [0.05, 0.1) is 5.52 Å². The van der Waals surface area contributed by atoms with Crippen LogP contribution in [0.1, 0.15) is 41.1 Å². The van der Waals surface area contributed by atoms with Gasteiger partial charge >= 0.3 is 0 Å². The monoisotopic (exact) mass is 429 g/mol. The summed E-state index contributed by atoms with van der Waals surface area (Å²) in [6.45, 7) is 0.580. The van der Waals surface area contributed by atoms with Crippen molar-refractivity contribution < 1.29 is 4.74 Å². The van der Waals surface area contributed by atoms with Gasteiger partial charge in [-0.2, -0.15) is 0 Å². The molecule has 0 aliphatic heterocycles. The molecule has 6 rings (SSSR count). The Morgan fingerprint density at radius 2 is 1.48 bits per heavy atom. The van der Waals surface area contributed by atoms with Crippen molar-refractivity contribution in [3.05, 3.63) is 132 Å². The van der Waals surface area contributed by atoms with Gasteiger partial charge in [0, 0.05) is 18.3 Å². The first-order valence-corrected chi connectivity index (χ1v) is 11.8. The van der Waals surface area contributed by atoms with E-state index in [2.05, 4.69) is 108 Å². The normalized spacial score (nSPS) is 13.3. The molecular weight excluding hydrogens is 402 g/mol. The van der Waals surface area contributed by atoms with Crippen molar-refractivity contribution in [3.8, 4) is 16.9 Å². The van der Waals surface area contributed by atoms with E-state index in [9.17, 15) is 0 Å². The van der Waals surface area contributed by atoms with Gasteiger partial charge in [-0.05, 0) is 64.8 Å². The fourth-order valence-corrected chi connectivity index (χ4v) is 4.79. The average Bonchev–Trinajstić information content (AvgIpc) is 3.66. The SMILES string of the molecule is c1ccc(COc2cccn3c(Cc4ccccc4-c4ccccc4)c(C4CC4)cc23)cc1. The number of nitrogens with zero attached hydrogens (tertiary/aromatic N) is 1. The Hall–Kier alpha value is -3.78. The van der Waals surface area contributed by atoms with Gasteiger partial charge in [0.1, 0.15) is 12.4 Å². The van der Waals surface area contributed by atoms with Gasteiger partial charge in [-0.15, -0.1) is 0 Å². The van der Waals surface area contributed by atoms with Crippen molar-refractivity contribution in [2.24, 2.45) is 0 Å². The summed E-state index contributed by atoms with van der Waals surface area (Å²) in [7, 11) is 0. The molecule has 1 aliphatic carbocycles. The number of benzene rings is 3. The topological polar surface area (TPSA) is 13.6 Å². The number of rotatable bonds is 7. The van der Waals surface area contributed by atoms with Crippen LogP contribution in [-0.4, -0.2) is 4.40 Å². The molecule has 0 atom stereocenters. The highest BCUT2D eigenvalue weighted by Gasteiger charge is 2.29. The van der Waals surface area contributed by atoms with Crippen molar-refractivity contribution in [2.75, 3.05) is 0 Å². The molecule has 3 aromatic carbocycles. The largest absolute Gasteiger partial charge is 0.487 e. The molecule has 33 heavy (non-hydrogen) atoms. The summed E-state index contributed by atoms with van der Waals surface area (Å²) in [5.41, 5.74) is 9.17. The van der Waals surface area contributed by atoms with Gasteiger partial charge in [0.15, 0.2) is 0 Å². The van der Waals surface area contributed by atoms with Crippen molar-refractivity contribution >= 4 is 5.52 Å². The first-order chi connectivity index (χ1) is 16.4. The lowest BCUT2D eigenvalue weighted by atomic mass is 9.95. The second-order valence-corrected chi connectivity index (χ2v) is 8.92. The van der Waals surface area contributed by atoms with Crippen molar-refractivity contribution in [2.45, 2.75) is 31.8 Å². The van der Waals surface area contributed by atoms with Crippen molar-refractivity contribution in [1.82, 2.24) is 4.40 Å². The molecule has 2 nitrogen and oxygen atoms in total. The zero-order valence-electron chi connectivity index (χ0n) is 18.7. The molecule has 2 heterocycles.